The monoisotopic (exact) mass is 411 g/mol. The number of aromatic nitrogens is 3. The molecule has 7 nitrogen and oxygen atoms in total. The highest BCUT2D eigenvalue weighted by molar-refractivity contribution is 6.08. The molecule has 1 aliphatic rings. The summed E-state index contributed by atoms with van der Waals surface area (Å²) in [6.07, 6.45) is 1.38. The summed E-state index contributed by atoms with van der Waals surface area (Å²) in [7, 11) is 0. The minimum Gasteiger partial charge on any atom is -0.320 e. The third-order valence-electron chi connectivity index (χ3n) is 5.49. The Labute approximate surface area is 179 Å². The SMILES string of the molecule is O=C(Nc1ccccc1N1CCCC1=O)c1ccc(Cn2nnc3ccccc32)cc1. The summed E-state index contributed by atoms with van der Waals surface area (Å²) in [5.41, 5.74) is 4.78. The fraction of sp³-hybridized carbons (Fsp3) is 0.167. The molecule has 0 atom stereocenters. The normalized spacial score (nSPS) is 13.7. The molecule has 0 radical (unpaired) electrons. The molecule has 3 aromatic carbocycles. The molecule has 31 heavy (non-hydrogen) atoms. The number of para-hydroxylation sites is 3. The van der Waals surface area contributed by atoms with E-state index in [4.69, 9.17) is 0 Å². The number of anilines is 2. The summed E-state index contributed by atoms with van der Waals surface area (Å²) in [6, 6.07) is 22.7. The van der Waals surface area contributed by atoms with Gasteiger partial charge in [0.1, 0.15) is 5.52 Å². The van der Waals surface area contributed by atoms with E-state index in [2.05, 4.69) is 15.6 Å². The molecule has 7 heteroatoms. The number of fused-ring (bicyclic) bond motifs is 1. The summed E-state index contributed by atoms with van der Waals surface area (Å²) < 4.78 is 1.84. The lowest BCUT2D eigenvalue weighted by atomic mass is 10.1. The van der Waals surface area contributed by atoms with Crippen molar-refractivity contribution < 1.29 is 9.59 Å². The molecular formula is C24H21N5O2. The van der Waals surface area contributed by atoms with Crippen molar-refractivity contribution in [2.45, 2.75) is 19.4 Å². The number of rotatable bonds is 5. The van der Waals surface area contributed by atoms with E-state index in [0.29, 0.717) is 30.8 Å². The molecule has 4 aromatic rings. The number of benzene rings is 3. The first-order valence-electron chi connectivity index (χ1n) is 10.3. The summed E-state index contributed by atoms with van der Waals surface area (Å²) in [5, 5.41) is 11.3. The molecule has 5 rings (SSSR count). The fourth-order valence-corrected chi connectivity index (χ4v) is 3.88. The second-order valence-corrected chi connectivity index (χ2v) is 7.55. The van der Waals surface area contributed by atoms with Gasteiger partial charge in [-0.05, 0) is 48.4 Å². The average Bonchev–Trinajstić information content (AvgIpc) is 3.41. The molecule has 0 aliphatic carbocycles. The Morgan fingerprint density at radius 1 is 0.968 bits per heavy atom. The van der Waals surface area contributed by atoms with E-state index in [9.17, 15) is 9.59 Å². The zero-order valence-corrected chi connectivity index (χ0v) is 16.9. The Hall–Kier alpha value is -4.00. The summed E-state index contributed by atoms with van der Waals surface area (Å²) in [5.74, 6) is -0.122. The molecule has 0 bridgehead atoms. The van der Waals surface area contributed by atoms with Crippen LogP contribution in [0.2, 0.25) is 0 Å². The average molecular weight is 411 g/mol. The van der Waals surface area contributed by atoms with Gasteiger partial charge in [0.15, 0.2) is 0 Å². The van der Waals surface area contributed by atoms with Crippen molar-refractivity contribution in [2.75, 3.05) is 16.8 Å². The van der Waals surface area contributed by atoms with Crippen molar-refractivity contribution >= 4 is 34.2 Å². The zero-order valence-electron chi connectivity index (χ0n) is 16.9. The van der Waals surface area contributed by atoms with Gasteiger partial charge in [-0.2, -0.15) is 0 Å². The second-order valence-electron chi connectivity index (χ2n) is 7.55. The maximum atomic E-state index is 12.8. The first kappa shape index (κ1) is 19.0. The minimum atomic E-state index is -0.211. The van der Waals surface area contributed by atoms with Crippen molar-refractivity contribution in [3.05, 3.63) is 83.9 Å². The highest BCUT2D eigenvalue weighted by atomic mass is 16.2. The van der Waals surface area contributed by atoms with E-state index in [0.717, 1.165) is 28.7 Å². The van der Waals surface area contributed by atoms with E-state index in [1.54, 1.807) is 17.0 Å². The molecular weight excluding hydrogens is 390 g/mol. The van der Waals surface area contributed by atoms with Crippen LogP contribution in [0.3, 0.4) is 0 Å². The Balaban J connectivity index is 1.32. The topological polar surface area (TPSA) is 80.1 Å². The van der Waals surface area contributed by atoms with E-state index in [1.165, 1.54) is 0 Å². The molecule has 0 unspecified atom stereocenters. The summed E-state index contributed by atoms with van der Waals surface area (Å²) in [6.45, 7) is 1.25. The van der Waals surface area contributed by atoms with Crippen LogP contribution in [0.1, 0.15) is 28.8 Å². The van der Waals surface area contributed by atoms with Crippen LogP contribution in [0.15, 0.2) is 72.8 Å². The number of carbonyl (C=O) groups excluding carboxylic acids is 2. The lowest BCUT2D eigenvalue weighted by molar-refractivity contribution is -0.117. The minimum absolute atomic E-state index is 0.0895. The standard InChI is InChI=1S/C24H21N5O2/c30-23-10-5-15-28(23)21-8-3-1-6-19(21)25-24(31)18-13-11-17(12-14-18)16-29-22-9-4-2-7-20(22)26-27-29/h1-4,6-9,11-14H,5,10,15-16H2,(H,25,31). The van der Waals surface area contributed by atoms with Gasteiger partial charge in [-0.1, -0.05) is 41.6 Å². The number of nitrogens with zero attached hydrogens (tertiary/aromatic N) is 4. The maximum absolute atomic E-state index is 12.8. The van der Waals surface area contributed by atoms with Crippen molar-refractivity contribution in [2.24, 2.45) is 0 Å². The number of carbonyl (C=O) groups is 2. The van der Waals surface area contributed by atoms with Crippen LogP contribution < -0.4 is 10.2 Å². The van der Waals surface area contributed by atoms with Gasteiger partial charge in [0.25, 0.3) is 5.91 Å². The van der Waals surface area contributed by atoms with Crippen molar-refractivity contribution in [1.82, 2.24) is 15.0 Å². The molecule has 154 valence electrons. The van der Waals surface area contributed by atoms with Gasteiger partial charge in [0.2, 0.25) is 5.91 Å². The first-order chi connectivity index (χ1) is 15.2. The van der Waals surface area contributed by atoms with Gasteiger partial charge in [-0.25, -0.2) is 4.68 Å². The molecule has 2 heterocycles. The lowest BCUT2D eigenvalue weighted by Crippen LogP contribution is -2.25. The highest BCUT2D eigenvalue weighted by Crippen LogP contribution is 2.29. The molecule has 1 saturated heterocycles. The molecule has 2 amide bonds. The third kappa shape index (κ3) is 3.77. The lowest BCUT2D eigenvalue weighted by Gasteiger charge is -2.20. The Kier molecular flexibility index (Phi) is 4.92. The van der Waals surface area contributed by atoms with Crippen LogP contribution in [-0.2, 0) is 11.3 Å². The van der Waals surface area contributed by atoms with Gasteiger partial charge in [-0.15, -0.1) is 5.10 Å². The van der Waals surface area contributed by atoms with Crippen LogP contribution in [-0.4, -0.2) is 33.4 Å². The summed E-state index contributed by atoms with van der Waals surface area (Å²) in [4.78, 5) is 26.7. The molecule has 1 fully saturated rings. The van der Waals surface area contributed by atoms with Gasteiger partial charge >= 0.3 is 0 Å². The van der Waals surface area contributed by atoms with E-state index in [1.807, 2.05) is 65.3 Å². The smallest absolute Gasteiger partial charge is 0.255 e. The van der Waals surface area contributed by atoms with Gasteiger partial charge in [0.05, 0.1) is 23.4 Å². The van der Waals surface area contributed by atoms with Crippen LogP contribution in [0, 0.1) is 0 Å². The Morgan fingerprint density at radius 2 is 1.74 bits per heavy atom. The molecule has 1 N–H and O–H groups in total. The van der Waals surface area contributed by atoms with Crippen molar-refractivity contribution in [1.29, 1.82) is 0 Å². The predicted octanol–water partition coefficient (Wildman–Crippen LogP) is 3.86. The quantitative estimate of drug-likeness (QED) is 0.541. The van der Waals surface area contributed by atoms with Crippen LogP contribution in [0.5, 0.6) is 0 Å². The van der Waals surface area contributed by atoms with Crippen LogP contribution >= 0.6 is 0 Å². The number of amides is 2. The van der Waals surface area contributed by atoms with Gasteiger partial charge in [-0.3, -0.25) is 9.59 Å². The molecule has 1 aromatic heterocycles. The predicted molar refractivity (Wildman–Crippen MR) is 119 cm³/mol. The first-order valence-corrected chi connectivity index (χ1v) is 10.3. The van der Waals surface area contributed by atoms with Gasteiger partial charge in [0, 0.05) is 18.5 Å². The number of hydrogen-bond acceptors (Lipinski definition) is 4. The van der Waals surface area contributed by atoms with E-state index >= 15 is 0 Å². The summed E-state index contributed by atoms with van der Waals surface area (Å²) >= 11 is 0. The highest BCUT2D eigenvalue weighted by Gasteiger charge is 2.24. The number of nitrogens with one attached hydrogen (secondary N) is 1. The van der Waals surface area contributed by atoms with E-state index in [-0.39, 0.29) is 11.8 Å². The van der Waals surface area contributed by atoms with Gasteiger partial charge < -0.3 is 10.2 Å². The molecule has 0 spiro atoms. The number of hydrogen-bond donors (Lipinski definition) is 1. The largest absolute Gasteiger partial charge is 0.320 e. The third-order valence-corrected chi connectivity index (χ3v) is 5.49. The second kappa shape index (κ2) is 8.02. The maximum Gasteiger partial charge on any atom is 0.255 e. The molecule has 0 saturated carbocycles. The zero-order chi connectivity index (χ0) is 21.2. The Bertz CT molecular complexity index is 1260. The van der Waals surface area contributed by atoms with Crippen molar-refractivity contribution in [3.63, 3.8) is 0 Å². The fourth-order valence-electron chi connectivity index (χ4n) is 3.88. The van der Waals surface area contributed by atoms with Crippen LogP contribution in [0.25, 0.3) is 11.0 Å². The molecule has 1 aliphatic heterocycles. The van der Waals surface area contributed by atoms with Crippen molar-refractivity contribution in [3.8, 4) is 0 Å². The van der Waals surface area contributed by atoms with E-state index < -0.39 is 0 Å². The van der Waals surface area contributed by atoms with Crippen LogP contribution in [0.4, 0.5) is 11.4 Å². The Morgan fingerprint density at radius 3 is 2.55 bits per heavy atom.